The van der Waals surface area contributed by atoms with E-state index in [1.54, 1.807) is 6.61 Å². The molecule has 1 radical (unpaired) electrons. The molecule has 1 aromatic heterocycles. The van der Waals surface area contributed by atoms with E-state index in [4.69, 9.17) is 4.74 Å². The lowest BCUT2D eigenvalue weighted by Gasteiger charge is -1.94. The molecule has 1 heterocycles. The molecule has 0 spiro atoms. The zero-order valence-electron chi connectivity index (χ0n) is 5.74. The number of tetrazole rings is 1. The largest absolute Gasteiger partial charge is 0.375 e. The quantitative estimate of drug-likeness (QED) is 0.596. The van der Waals surface area contributed by atoms with E-state index in [1.807, 2.05) is 6.92 Å². The fourth-order valence-corrected chi connectivity index (χ4v) is 0.558. The number of nitrogens with zero attached hydrogens (tertiary/aromatic N) is 3. The van der Waals surface area contributed by atoms with Gasteiger partial charge in [-0.25, -0.2) is 5.10 Å². The SMILES string of the molecule is C[CH]OCCc1nnn[nH]1. The Kier molecular flexibility index (Phi) is 2.82. The van der Waals surface area contributed by atoms with Gasteiger partial charge >= 0.3 is 0 Å². The predicted molar refractivity (Wildman–Crippen MR) is 33.8 cm³/mol. The first-order chi connectivity index (χ1) is 4.93. The monoisotopic (exact) mass is 141 g/mol. The zero-order valence-corrected chi connectivity index (χ0v) is 5.74. The summed E-state index contributed by atoms with van der Waals surface area (Å²) in [7, 11) is 0. The Balaban J connectivity index is 2.15. The fraction of sp³-hybridized carbons (Fsp3) is 0.600. The number of hydrogen-bond acceptors (Lipinski definition) is 4. The summed E-state index contributed by atoms with van der Waals surface area (Å²) < 4.78 is 4.97. The second-order valence-corrected chi connectivity index (χ2v) is 1.70. The van der Waals surface area contributed by atoms with Gasteiger partial charge in [-0.05, 0) is 17.4 Å². The van der Waals surface area contributed by atoms with Crippen LogP contribution in [0.2, 0.25) is 0 Å². The number of H-pyrrole nitrogens is 1. The van der Waals surface area contributed by atoms with Crippen molar-refractivity contribution in [1.29, 1.82) is 0 Å². The van der Waals surface area contributed by atoms with E-state index in [0.29, 0.717) is 6.61 Å². The van der Waals surface area contributed by atoms with E-state index in [2.05, 4.69) is 20.6 Å². The molecule has 0 aliphatic heterocycles. The highest BCUT2D eigenvalue weighted by Gasteiger charge is 1.94. The Hall–Kier alpha value is -0.970. The highest BCUT2D eigenvalue weighted by molar-refractivity contribution is 4.74. The molecular formula is C5H9N4O. The molecule has 0 aliphatic carbocycles. The van der Waals surface area contributed by atoms with E-state index >= 15 is 0 Å². The van der Waals surface area contributed by atoms with Crippen molar-refractivity contribution >= 4 is 0 Å². The minimum absolute atomic E-state index is 0.618. The molecule has 1 aromatic rings. The summed E-state index contributed by atoms with van der Waals surface area (Å²) in [5, 5.41) is 13.1. The van der Waals surface area contributed by atoms with Crippen molar-refractivity contribution in [3.63, 3.8) is 0 Å². The predicted octanol–water partition coefficient (Wildman–Crippen LogP) is -0.0595. The van der Waals surface area contributed by atoms with Gasteiger partial charge in [-0.15, -0.1) is 5.10 Å². The summed E-state index contributed by atoms with van der Waals surface area (Å²) >= 11 is 0. The van der Waals surface area contributed by atoms with E-state index in [1.165, 1.54) is 0 Å². The van der Waals surface area contributed by atoms with Gasteiger partial charge in [0.15, 0.2) is 5.82 Å². The Bertz CT molecular complexity index is 162. The number of ether oxygens (including phenoxy) is 1. The number of aromatic amines is 1. The smallest absolute Gasteiger partial charge is 0.150 e. The van der Waals surface area contributed by atoms with E-state index < -0.39 is 0 Å². The minimum atomic E-state index is 0.618. The van der Waals surface area contributed by atoms with Crippen LogP contribution < -0.4 is 0 Å². The highest BCUT2D eigenvalue weighted by Crippen LogP contribution is 1.87. The van der Waals surface area contributed by atoms with Gasteiger partial charge in [0.1, 0.15) is 0 Å². The number of rotatable bonds is 4. The third-order valence-corrected chi connectivity index (χ3v) is 1.01. The molecule has 0 atom stereocenters. The third kappa shape index (κ3) is 2.10. The van der Waals surface area contributed by atoms with Crippen LogP contribution in [0.25, 0.3) is 0 Å². The molecule has 55 valence electrons. The van der Waals surface area contributed by atoms with Crippen LogP contribution in [0.4, 0.5) is 0 Å². The van der Waals surface area contributed by atoms with Crippen molar-refractivity contribution in [1.82, 2.24) is 20.6 Å². The van der Waals surface area contributed by atoms with Gasteiger partial charge in [0.05, 0.1) is 13.2 Å². The summed E-state index contributed by atoms with van der Waals surface area (Å²) in [6, 6.07) is 0. The molecular weight excluding hydrogens is 132 g/mol. The highest BCUT2D eigenvalue weighted by atomic mass is 16.5. The Morgan fingerprint density at radius 1 is 1.70 bits per heavy atom. The Morgan fingerprint density at radius 2 is 2.60 bits per heavy atom. The van der Waals surface area contributed by atoms with Gasteiger partial charge in [-0.1, -0.05) is 0 Å². The van der Waals surface area contributed by atoms with Crippen LogP contribution in [0.1, 0.15) is 12.7 Å². The van der Waals surface area contributed by atoms with Crippen LogP contribution in [0.5, 0.6) is 0 Å². The van der Waals surface area contributed by atoms with Crippen LogP contribution in [0.15, 0.2) is 0 Å². The van der Waals surface area contributed by atoms with Crippen LogP contribution in [0.3, 0.4) is 0 Å². The van der Waals surface area contributed by atoms with Gasteiger partial charge in [-0.2, -0.15) is 0 Å². The molecule has 0 aliphatic rings. The van der Waals surface area contributed by atoms with Gasteiger partial charge in [0.25, 0.3) is 0 Å². The van der Waals surface area contributed by atoms with Crippen molar-refractivity contribution in [2.45, 2.75) is 13.3 Å². The van der Waals surface area contributed by atoms with Gasteiger partial charge in [0, 0.05) is 6.42 Å². The number of hydrogen-bond donors (Lipinski definition) is 1. The van der Waals surface area contributed by atoms with Crippen molar-refractivity contribution in [2.24, 2.45) is 0 Å². The molecule has 0 saturated heterocycles. The molecule has 0 unspecified atom stereocenters. The average Bonchev–Trinajstić information content (AvgIpc) is 2.41. The van der Waals surface area contributed by atoms with Crippen molar-refractivity contribution in [3.05, 3.63) is 12.4 Å². The summed E-state index contributed by atoms with van der Waals surface area (Å²) in [6.07, 6.45) is 0.720. The second-order valence-electron chi connectivity index (χ2n) is 1.70. The molecule has 1 rings (SSSR count). The summed E-state index contributed by atoms with van der Waals surface area (Å²) in [5.74, 6) is 0.752. The second kappa shape index (κ2) is 3.94. The van der Waals surface area contributed by atoms with E-state index in [0.717, 1.165) is 12.2 Å². The first-order valence-electron chi connectivity index (χ1n) is 3.05. The number of aromatic nitrogens is 4. The van der Waals surface area contributed by atoms with Crippen LogP contribution >= 0.6 is 0 Å². The number of nitrogens with one attached hydrogen (secondary N) is 1. The van der Waals surface area contributed by atoms with Gasteiger partial charge < -0.3 is 4.74 Å². The van der Waals surface area contributed by atoms with E-state index in [9.17, 15) is 0 Å². The summed E-state index contributed by atoms with van der Waals surface area (Å²) in [6.45, 7) is 4.09. The molecule has 0 fully saturated rings. The standard InChI is InChI=1S/C5H9N4O/c1-2-10-4-3-5-6-8-9-7-5/h2H,3-4H2,1H3,(H,6,7,8,9). The summed E-state index contributed by atoms with van der Waals surface area (Å²) in [4.78, 5) is 0. The Morgan fingerprint density at radius 3 is 3.20 bits per heavy atom. The molecule has 1 N–H and O–H groups in total. The molecule has 5 nitrogen and oxygen atoms in total. The third-order valence-electron chi connectivity index (χ3n) is 1.01. The molecule has 5 heteroatoms. The molecule has 10 heavy (non-hydrogen) atoms. The van der Waals surface area contributed by atoms with Crippen LogP contribution in [-0.4, -0.2) is 27.2 Å². The molecule has 0 aromatic carbocycles. The lowest BCUT2D eigenvalue weighted by atomic mass is 10.4. The van der Waals surface area contributed by atoms with Gasteiger partial charge in [-0.3, -0.25) is 0 Å². The van der Waals surface area contributed by atoms with Crippen LogP contribution in [0, 0.1) is 6.61 Å². The van der Waals surface area contributed by atoms with E-state index in [-0.39, 0.29) is 0 Å². The maximum atomic E-state index is 4.97. The molecule has 0 saturated carbocycles. The Labute approximate surface area is 58.8 Å². The fourth-order valence-electron chi connectivity index (χ4n) is 0.558. The van der Waals surface area contributed by atoms with Gasteiger partial charge in [0.2, 0.25) is 0 Å². The lowest BCUT2D eigenvalue weighted by molar-refractivity contribution is 0.206. The zero-order chi connectivity index (χ0) is 7.23. The van der Waals surface area contributed by atoms with Crippen molar-refractivity contribution in [2.75, 3.05) is 6.61 Å². The maximum absolute atomic E-state index is 4.97. The summed E-state index contributed by atoms with van der Waals surface area (Å²) in [5.41, 5.74) is 0. The first kappa shape index (κ1) is 7.14. The van der Waals surface area contributed by atoms with Crippen molar-refractivity contribution < 1.29 is 4.74 Å². The topological polar surface area (TPSA) is 63.7 Å². The van der Waals surface area contributed by atoms with Crippen LogP contribution in [-0.2, 0) is 11.2 Å². The lowest BCUT2D eigenvalue weighted by Crippen LogP contribution is -1.97. The molecule has 0 bridgehead atoms. The normalized spacial score (nSPS) is 10.1. The average molecular weight is 141 g/mol. The molecule has 0 amide bonds. The maximum Gasteiger partial charge on any atom is 0.150 e. The minimum Gasteiger partial charge on any atom is -0.375 e. The van der Waals surface area contributed by atoms with Crippen molar-refractivity contribution in [3.8, 4) is 0 Å². The first-order valence-corrected chi connectivity index (χ1v) is 3.05.